The molecular weight excluding hydrogens is 306 g/mol. The summed E-state index contributed by atoms with van der Waals surface area (Å²) >= 11 is 6.12. The molecule has 0 amide bonds. The Hall–Kier alpha value is -2.32. The summed E-state index contributed by atoms with van der Waals surface area (Å²) in [5.74, 6) is 0.230. The predicted octanol–water partition coefficient (Wildman–Crippen LogP) is 4.99. The van der Waals surface area contributed by atoms with Gasteiger partial charge in [0.25, 0.3) is 0 Å². The Labute approximate surface area is 140 Å². The van der Waals surface area contributed by atoms with Crippen LogP contribution in [0.3, 0.4) is 0 Å². The number of nitrogens with zero attached hydrogens (tertiary/aromatic N) is 1. The van der Waals surface area contributed by atoms with Crippen molar-refractivity contribution in [3.63, 3.8) is 0 Å². The van der Waals surface area contributed by atoms with Crippen LogP contribution in [0.1, 0.15) is 24.0 Å². The molecule has 23 heavy (non-hydrogen) atoms. The maximum Gasteiger partial charge on any atom is 0.165 e. The minimum Gasteiger partial charge on any atom is -0.336 e. The second-order valence-corrected chi connectivity index (χ2v) is 6.32. The molecule has 0 atom stereocenters. The number of para-hydroxylation sites is 1. The zero-order chi connectivity index (χ0) is 15.8. The standard InChI is InChI=1S/C20H16ClNO/c21-16-7-3-5-14(11-16)13-22-18-8-2-1-6-15(18)12-17-19(22)9-4-10-20(17)23/h1-3,5-9,11-12H,4,10,13H2. The highest BCUT2D eigenvalue weighted by Crippen LogP contribution is 2.38. The predicted molar refractivity (Wildman–Crippen MR) is 94.4 cm³/mol. The van der Waals surface area contributed by atoms with E-state index in [1.165, 1.54) is 0 Å². The van der Waals surface area contributed by atoms with Gasteiger partial charge in [0.1, 0.15) is 0 Å². The van der Waals surface area contributed by atoms with Gasteiger partial charge < -0.3 is 4.90 Å². The minimum absolute atomic E-state index is 0.230. The maximum atomic E-state index is 12.3. The largest absolute Gasteiger partial charge is 0.336 e. The fraction of sp³-hybridized carbons (Fsp3) is 0.150. The average Bonchev–Trinajstić information content (AvgIpc) is 2.56. The third-order valence-corrected chi connectivity index (χ3v) is 4.57. The fourth-order valence-corrected chi connectivity index (χ4v) is 3.48. The summed E-state index contributed by atoms with van der Waals surface area (Å²) < 4.78 is 0. The van der Waals surface area contributed by atoms with E-state index < -0.39 is 0 Å². The number of ketones is 1. The Morgan fingerprint density at radius 2 is 1.96 bits per heavy atom. The van der Waals surface area contributed by atoms with Crippen LogP contribution in [0.4, 0.5) is 5.69 Å². The molecule has 2 aromatic rings. The van der Waals surface area contributed by atoms with E-state index in [0.29, 0.717) is 13.0 Å². The Kier molecular flexibility index (Phi) is 3.55. The maximum absolute atomic E-state index is 12.3. The second-order valence-electron chi connectivity index (χ2n) is 5.88. The normalized spacial score (nSPS) is 16.4. The summed E-state index contributed by atoms with van der Waals surface area (Å²) in [5, 5.41) is 0.734. The topological polar surface area (TPSA) is 20.3 Å². The monoisotopic (exact) mass is 321 g/mol. The van der Waals surface area contributed by atoms with E-state index in [1.54, 1.807) is 0 Å². The van der Waals surface area contributed by atoms with E-state index in [1.807, 2.05) is 36.4 Å². The smallest absolute Gasteiger partial charge is 0.165 e. The van der Waals surface area contributed by atoms with Crippen molar-refractivity contribution in [3.05, 3.63) is 82.0 Å². The molecule has 1 heterocycles. The number of anilines is 1. The fourth-order valence-electron chi connectivity index (χ4n) is 3.27. The molecule has 2 aliphatic rings. The number of carbonyl (C=O) groups is 1. The first-order chi connectivity index (χ1) is 11.2. The Morgan fingerprint density at radius 1 is 1.09 bits per heavy atom. The van der Waals surface area contributed by atoms with E-state index in [0.717, 1.165) is 39.5 Å². The van der Waals surface area contributed by atoms with Crippen LogP contribution in [0.5, 0.6) is 0 Å². The zero-order valence-electron chi connectivity index (χ0n) is 12.6. The number of benzene rings is 2. The first kappa shape index (κ1) is 14.3. The molecule has 0 aromatic heterocycles. The molecule has 0 unspecified atom stereocenters. The van der Waals surface area contributed by atoms with Gasteiger partial charge in [-0.25, -0.2) is 0 Å². The first-order valence-electron chi connectivity index (χ1n) is 7.79. The number of hydrogen-bond donors (Lipinski definition) is 0. The molecule has 0 saturated carbocycles. The third kappa shape index (κ3) is 2.60. The van der Waals surface area contributed by atoms with Gasteiger partial charge in [-0.05, 0) is 41.8 Å². The van der Waals surface area contributed by atoms with E-state index in [2.05, 4.69) is 29.2 Å². The Balaban J connectivity index is 1.82. The molecule has 114 valence electrons. The van der Waals surface area contributed by atoms with Gasteiger partial charge in [0, 0.05) is 34.9 Å². The summed E-state index contributed by atoms with van der Waals surface area (Å²) in [6, 6.07) is 16.1. The van der Waals surface area contributed by atoms with Gasteiger partial charge in [0.2, 0.25) is 0 Å². The Morgan fingerprint density at radius 3 is 2.83 bits per heavy atom. The van der Waals surface area contributed by atoms with Crippen LogP contribution in [0.2, 0.25) is 5.02 Å². The van der Waals surface area contributed by atoms with Crippen molar-refractivity contribution >= 4 is 29.1 Å². The first-order valence-corrected chi connectivity index (χ1v) is 8.16. The van der Waals surface area contributed by atoms with Crippen molar-refractivity contribution in [2.75, 3.05) is 4.90 Å². The van der Waals surface area contributed by atoms with E-state index in [9.17, 15) is 4.79 Å². The van der Waals surface area contributed by atoms with Gasteiger partial charge in [0.05, 0.1) is 0 Å². The van der Waals surface area contributed by atoms with Gasteiger partial charge >= 0.3 is 0 Å². The van der Waals surface area contributed by atoms with Crippen LogP contribution in [0.15, 0.2) is 65.9 Å². The molecular formula is C20H16ClNO. The van der Waals surface area contributed by atoms with Crippen molar-refractivity contribution in [3.8, 4) is 0 Å². The number of hydrogen-bond acceptors (Lipinski definition) is 2. The number of fused-ring (bicyclic) bond motifs is 2. The lowest BCUT2D eigenvalue weighted by molar-refractivity contribution is -0.115. The zero-order valence-corrected chi connectivity index (χ0v) is 13.4. The van der Waals surface area contributed by atoms with Crippen LogP contribution in [-0.4, -0.2) is 5.78 Å². The molecule has 4 rings (SSSR count). The highest BCUT2D eigenvalue weighted by atomic mass is 35.5. The van der Waals surface area contributed by atoms with Gasteiger partial charge in [-0.15, -0.1) is 0 Å². The van der Waals surface area contributed by atoms with Gasteiger partial charge in [-0.2, -0.15) is 0 Å². The quantitative estimate of drug-likeness (QED) is 0.776. The summed E-state index contributed by atoms with van der Waals surface area (Å²) in [4.78, 5) is 14.6. The SMILES string of the molecule is O=C1CCC=C2C1=Cc1ccccc1N2Cc1cccc(Cl)c1. The van der Waals surface area contributed by atoms with Crippen molar-refractivity contribution in [2.24, 2.45) is 0 Å². The Bertz CT molecular complexity index is 850. The molecule has 0 bridgehead atoms. The van der Waals surface area contributed by atoms with Crippen molar-refractivity contribution in [1.29, 1.82) is 0 Å². The lowest BCUT2D eigenvalue weighted by Gasteiger charge is -2.35. The van der Waals surface area contributed by atoms with Crippen LogP contribution < -0.4 is 4.90 Å². The summed E-state index contributed by atoms with van der Waals surface area (Å²) in [5.41, 5.74) is 5.22. The summed E-state index contributed by atoms with van der Waals surface area (Å²) in [6.45, 7) is 0.702. The van der Waals surface area contributed by atoms with E-state index in [4.69, 9.17) is 11.6 Å². The minimum atomic E-state index is 0.230. The molecule has 0 radical (unpaired) electrons. The lowest BCUT2D eigenvalue weighted by Crippen LogP contribution is -2.30. The summed E-state index contributed by atoms with van der Waals surface area (Å²) in [6.07, 6.45) is 5.60. The molecule has 1 aliphatic carbocycles. The van der Waals surface area contributed by atoms with Crippen molar-refractivity contribution < 1.29 is 4.79 Å². The second kappa shape index (κ2) is 5.71. The van der Waals surface area contributed by atoms with E-state index >= 15 is 0 Å². The van der Waals surface area contributed by atoms with Crippen LogP contribution >= 0.6 is 11.6 Å². The molecule has 0 fully saturated rings. The van der Waals surface area contributed by atoms with Crippen LogP contribution in [0, 0.1) is 0 Å². The average molecular weight is 322 g/mol. The van der Waals surface area contributed by atoms with Crippen molar-refractivity contribution in [2.45, 2.75) is 19.4 Å². The lowest BCUT2D eigenvalue weighted by atomic mass is 9.90. The number of carbonyl (C=O) groups excluding carboxylic acids is 1. The third-order valence-electron chi connectivity index (χ3n) is 4.33. The molecule has 0 spiro atoms. The highest BCUT2D eigenvalue weighted by molar-refractivity contribution is 6.30. The van der Waals surface area contributed by atoms with Crippen molar-refractivity contribution in [1.82, 2.24) is 0 Å². The molecule has 0 saturated heterocycles. The number of halogens is 1. The van der Waals surface area contributed by atoms with Crippen LogP contribution in [-0.2, 0) is 11.3 Å². The molecule has 2 aromatic carbocycles. The highest BCUT2D eigenvalue weighted by Gasteiger charge is 2.28. The van der Waals surface area contributed by atoms with Gasteiger partial charge in [-0.3, -0.25) is 4.79 Å². The molecule has 0 N–H and O–H groups in total. The summed E-state index contributed by atoms with van der Waals surface area (Å²) in [7, 11) is 0. The number of rotatable bonds is 2. The number of Topliss-reactive ketones (excluding diaryl/α,β-unsaturated/α-hetero) is 1. The van der Waals surface area contributed by atoms with Gasteiger partial charge in [-0.1, -0.05) is 48.0 Å². The van der Waals surface area contributed by atoms with E-state index in [-0.39, 0.29) is 5.78 Å². The van der Waals surface area contributed by atoms with Gasteiger partial charge in [0.15, 0.2) is 5.78 Å². The molecule has 3 heteroatoms. The van der Waals surface area contributed by atoms with Crippen LogP contribution in [0.25, 0.3) is 6.08 Å². The number of allylic oxidation sites excluding steroid dienone is 2. The molecule has 1 aliphatic heterocycles. The molecule has 2 nitrogen and oxygen atoms in total.